The molecule has 0 aliphatic rings. The number of carbonyl (C=O) groups is 1. The Kier molecular flexibility index (Phi) is 4.51. The fourth-order valence-electron chi connectivity index (χ4n) is 0.824. The van der Waals surface area contributed by atoms with Gasteiger partial charge in [-0.2, -0.15) is 0 Å². The number of hydrogen-bond donors (Lipinski definition) is 1. The predicted molar refractivity (Wildman–Crippen MR) is 62.0 cm³/mol. The highest BCUT2D eigenvalue weighted by molar-refractivity contribution is 7.20. The lowest BCUT2D eigenvalue weighted by atomic mass is 10.3. The Bertz CT molecular complexity index is 337. The molecule has 0 aliphatic carbocycles. The molecule has 0 aromatic carbocycles. The van der Waals surface area contributed by atoms with E-state index in [4.69, 9.17) is 34.8 Å². The van der Waals surface area contributed by atoms with Crippen LogP contribution in [-0.2, 0) is 0 Å². The lowest BCUT2D eigenvalue weighted by Gasteiger charge is -2.04. The molecule has 78 valence electrons. The van der Waals surface area contributed by atoms with Crippen LogP contribution in [0.4, 0.5) is 0 Å². The maximum Gasteiger partial charge on any atom is 0.253 e. The zero-order valence-electron chi connectivity index (χ0n) is 7.31. The van der Waals surface area contributed by atoms with Crippen LogP contribution in [0.25, 0.3) is 0 Å². The minimum atomic E-state index is -0.245. The molecule has 1 heterocycles. The van der Waals surface area contributed by atoms with Gasteiger partial charge in [-0.1, -0.05) is 23.2 Å². The standard InChI is InChI=1S/C8H8Cl3NOS/c1-4(9)3-12-8(13)5-2-6(10)14-7(5)11/h2,4H,3H2,1H3,(H,12,13). The van der Waals surface area contributed by atoms with Gasteiger partial charge >= 0.3 is 0 Å². The van der Waals surface area contributed by atoms with Crippen molar-refractivity contribution in [2.75, 3.05) is 6.54 Å². The highest BCUT2D eigenvalue weighted by Gasteiger charge is 2.13. The fourth-order valence-corrected chi connectivity index (χ4v) is 2.36. The molecule has 1 atom stereocenters. The number of rotatable bonds is 3. The van der Waals surface area contributed by atoms with Crippen LogP contribution in [0.1, 0.15) is 17.3 Å². The molecule has 1 N–H and O–H groups in total. The molecule has 1 unspecified atom stereocenters. The third-order valence-electron chi connectivity index (χ3n) is 1.45. The van der Waals surface area contributed by atoms with Crippen molar-refractivity contribution < 1.29 is 4.79 Å². The lowest BCUT2D eigenvalue weighted by molar-refractivity contribution is 0.0954. The first-order chi connectivity index (χ1) is 6.50. The van der Waals surface area contributed by atoms with Gasteiger partial charge in [0.1, 0.15) is 4.34 Å². The van der Waals surface area contributed by atoms with Gasteiger partial charge in [0.05, 0.1) is 9.90 Å². The monoisotopic (exact) mass is 271 g/mol. The van der Waals surface area contributed by atoms with Crippen molar-refractivity contribution in [1.29, 1.82) is 0 Å². The smallest absolute Gasteiger partial charge is 0.253 e. The van der Waals surface area contributed by atoms with Crippen LogP contribution >= 0.6 is 46.1 Å². The second kappa shape index (κ2) is 5.21. The molecule has 0 saturated carbocycles. The summed E-state index contributed by atoms with van der Waals surface area (Å²) < 4.78 is 0.897. The molecule has 0 radical (unpaired) electrons. The Balaban J connectivity index is 2.65. The Morgan fingerprint density at radius 3 is 2.71 bits per heavy atom. The van der Waals surface area contributed by atoms with E-state index < -0.39 is 0 Å². The summed E-state index contributed by atoms with van der Waals surface area (Å²) >= 11 is 18.3. The van der Waals surface area contributed by atoms with Crippen LogP contribution in [0.2, 0.25) is 8.67 Å². The second-order valence-corrected chi connectivity index (χ2v) is 5.76. The molecule has 6 heteroatoms. The van der Waals surface area contributed by atoms with E-state index in [0.29, 0.717) is 20.8 Å². The molecule has 14 heavy (non-hydrogen) atoms. The molecule has 1 amide bonds. The molecule has 0 bridgehead atoms. The number of carbonyl (C=O) groups excluding carboxylic acids is 1. The van der Waals surface area contributed by atoms with Gasteiger partial charge in [0.2, 0.25) is 0 Å². The first-order valence-corrected chi connectivity index (χ1v) is 5.88. The van der Waals surface area contributed by atoms with E-state index >= 15 is 0 Å². The van der Waals surface area contributed by atoms with Gasteiger partial charge in [-0.15, -0.1) is 22.9 Å². The summed E-state index contributed by atoms with van der Waals surface area (Å²) in [6, 6.07) is 1.54. The third kappa shape index (κ3) is 3.31. The number of alkyl halides is 1. The first kappa shape index (κ1) is 12.1. The van der Waals surface area contributed by atoms with Crippen molar-refractivity contribution in [3.05, 3.63) is 20.3 Å². The van der Waals surface area contributed by atoms with Gasteiger partial charge in [-0.05, 0) is 13.0 Å². The molecule has 0 spiro atoms. The molecule has 1 aromatic rings. The lowest BCUT2D eigenvalue weighted by Crippen LogP contribution is -2.28. The maximum absolute atomic E-state index is 11.5. The van der Waals surface area contributed by atoms with Crippen LogP contribution in [-0.4, -0.2) is 17.8 Å². The minimum absolute atomic E-state index is 0.105. The van der Waals surface area contributed by atoms with Crippen molar-refractivity contribution in [2.24, 2.45) is 0 Å². The first-order valence-electron chi connectivity index (χ1n) is 3.88. The van der Waals surface area contributed by atoms with Crippen molar-refractivity contribution in [1.82, 2.24) is 5.32 Å². The summed E-state index contributed by atoms with van der Waals surface area (Å²) in [5.74, 6) is -0.245. The summed E-state index contributed by atoms with van der Waals surface area (Å²) in [5, 5.41) is 2.54. The minimum Gasteiger partial charge on any atom is -0.350 e. The summed E-state index contributed by atoms with van der Waals surface area (Å²) in [6.45, 7) is 2.20. The summed E-state index contributed by atoms with van der Waals surface area (Å²) in [5.41, 5.74) is 0.402. The van der Waals surface area contributed by atoms with E-state index in [2.05, 4.69) is 5.32 Å². The number of nitrogens with one attached hydrogen (secondary N) is 1. The van der Waals surface area contributed by atoms with Crippen molar-refractivity contribution in [2.45, 2.75) is 12.3 Å². The molecular formula is C8H8Cl3NOS. The number of amides is 1. The van der Waals surface area contributed by atoms with Gasteiger partial charge in [-0.3, -0.25) is 4.79 Å². The average molecular weight is 273 g/mol. The van der Waals surface area contributed by atoms with E-state index in [-0.39, 0.29) is 11.3 Å². The zero-order valence-corrected chi connectivity index (χ0v) is 10.4. The third-order valence-corrected chi connectivity index (χ3v) is 3.09. The van der Waals surface area contributed by atoms with Crippen LogP contribution in [0.15, 0.2) is 6.07 Å². The largest absolute Gasteiger partial charge is 0.350 e. The summed E-state index contributed by atoms with van der Waals surface area (Å²) in [6.07, 6.45) is 0. The van der Waals surface area contributed by atoms with Gasteiger partial charge in [0, 0.05) is 11.9 Å². The van der Waals surface area contributed by atoms with Crippen LogP contribution < -0.4 is 5.32 Å². The second-order valence-electron chi connectivity index (χ2n) is 2.73. The highest BCUT2D eigenvalue weighted by atomic mass is 35.5. The number of thiophene rings is 1. The molecule has 0 aliphatic heterocycles. The predicted octanol–water partition coefficient (Wildman–Crippen LogP) is 3.41. The van der Waals surface area contributed by atoms with Gasteiger partial charge in [0.25, 0.3) is 5.91 Å². The van der Waals surface area contributed by atoms with Crippen LogP contribution in [0.3, 0.4) is 0 Å². The number of hydrogen-bond acceptors (Lipinski definition) is 2. The zero-order chi connectivity index (χ0) is 10.7. The van der Waals surface area contributed by atoms with E-state index in [0.717, 1.165) is 0 Å². The van der Waals surface area contributed by atoms with Crippen molar-refractivity contribution in [3.63, 3.8) is 0 Å². The summed E-state index contributed by atoms with van der Waals surface area (Å²) in [4.78, 5) is 11.5. The molecule has 0 saturated heterocycles. The fraction of sp³-hybridized carbons (Fsp3) is 0.375. The van der Waals surface area contributed by atoms with Crippen molar-refractivity contribution >= 4 is 52.0 Å². The molecule has 0 fully saturated rings. The Morgan fingerprint density at radius 2 is 2.29 bits per heavy atom. The number of halogens is 3. The maximum atomic E-state index is 11.5. The van der Waals surface area contributed by atoms with Crippen molar-refractivity contribution in [3.8, 4) is 0 Å². The van der Waals surface area contributed by atoms with E-state index in [9.17, 15) is 4.79 Å². The quantitative estimate of drug-likeness (QED) is 0.840. The summed E-state index contributed by atoms with van der Waals surface area (Å²) in [7, 11) is 0. The average Bonchev–Trinajstić information content (AvgIpc) is 2.41. The van der Waals surface area contributed by atoms with E-state index in [1.807, 2.05) is 0 Å². The van der Waals surface area contributed by atoms with Crippen LogP contribution in [0.5, 0.6) is 0 Å². The SMILES string of the molecule is CC(Cl)CNC(=O)c1cc(Cl)sc1Cl. The molecule has 1 rings (SSSR count). The Hall–Kier alpha value is 0.0400. The van der Waals surface area contributed by atoms with E-state index in [1.54, 1.807) is 13.0 Å². The highest BCUT2D eigenvalue weighted by Crippen LogP contribution is 2.30. The van der Waals surface area contributed by atoms with E-state index in [1.165, 1.54) is 11.3 Å². The van der Waals surface area contributed by atoms with Gasteiger partial charge < -0.3 is 5.32 Å². The molecular weight excluding hydrogens is 265 g/mol. The normalized spacial score (nSPS) is 12.6. The van der Waals surface area contributed by atoms with Gasteiger partial charge in [0.15, 0.2) is 0 Å². The van der Waals surface area contributed by atoms with Crippen LogP contribution in [0, 0.1) is 0 Å². The molecule has 2 nitrogen and oxygen atoms in total. The Labute approximate surface area is 101 Å². The molecule has 1 aromatic heterocycles. The Morgan fingerprint density at radius 1 is 1.64 bits per heavy atom. The topological polar surface area (TPSA) is 29.1 Å². The van der Waals surface area contributed by atoms with Gasteiger partial charge in [-0.25, -0.2) is 0 Å².